The Labute approximate surface area is 86.7 Å². The molecule has 0 heterocycles. The number of ether oxygens (including phenoxy) is 2. The Morgan fingerprint density at radius 2 is 1.79 bits per heavy atom. The monoisotopic (exact) mass is 202 g/mol. The Bertz CT molecular complexity index is 124. The molecule has 3 heteroatoms. The lowest BCUT2D eigenvalue weighted by Crippen LogP contribution is -2.02. The lowest BCUT2D eigenvalue weighted by Gasteiger charge is -2.03. The van der Waals surface area contributed by atoms with E-state index in [1.807, 2.05) is 12.2 Å². The van der Waals surface area contributed by atoms with Crippen molar-refractivity contribution < 1.29 is 14.6 Å². The fourth-order valence-corrected chi connectivity index (χ4v) is 0.885. The SMILES string of the molecule is CCCCOCOCC/C=C/CCO. The van der Waals surface area contributed by atoms with Gasteiger partial charge in [-0.05, 0) is 19.3 Å². The molecule has 0 aromatic rings. The number of unbranched alkanes of at least 4 members (excludes halogenated alkanes) is 1. The van der Waals surface area contributed by atoms with E-state index in [1.165, 1.54) is 0 Å². The third-order valence-electron chi connectivity index (χ3n) is 1.70. The van der Waals surface area contributed by atoms with Crippen molar-refractivity contribution in [3.05, 3.63) is 12.2 Å². The van der Waals surface area contributed by atoms with Crippen molar-refractivity contribution >= 4 is 0 Å². The Morgan fingerprint density at radius 3 is 2.50 bits per heavy atom. The van der Waals surface area contributed by atoms with Crippen molar-refractivity contribution in [1.29, 1.82) is 0 Å². The van der Waals surface area contributed by atoms with Crippen molar-refractivity contribution in [2.75, 3.05) is 26.6 Å². The van der Waals surface area contributed by atoms with Gasteiger partial charge >= 0.3 is 0 Å². The third kappa shape index (κ3) is 11.6. The van der Waals surface area contributed by atoms with E-state index >= 15 is 0 Å². The standard InChI is InChI=1S/C11H22O3/c1-2-3-9-13-11-14-10-7-5-4-6-8-12/h4-5,12H,2-3,6-11H2,1H3/b5-4+. The minimum Gasteiger partial charge on any atom is -0.396 e. The molecule has 0 spiro atoms. The van der Waals surface area contributed by atoms with E-state index < -0.39 is 0 Å². The topological polar surface area (TPSA) is 38.7 Å². The van der Waals surface area contributed by atoms with E-state index in [0.717, 1.165) is 32.3 Å². The molecule has 0 aliphatic rings. The molecule has 0 aliphatic carbocycles. The number of aliphatic hydroxyl groups excluding tert-OH is 1. The molecule has 0 unspecified atom stereocenters. The summed E-state index contributed by atoms with van der Waals surface area (Å²) in [7, 11) is 0. The van der Waals surface area contributed by atoms with Crippen LogP contribution in [0.2, 0.25) is 0 Å². The van der Waals surface area contributed by atoms with Crippen molar-refractivity contribution in [3.63, 3.8) is 0 Å². The van der Waals surface area contributed by atoms with Crippen LogP contribution < -0.4 is 0 Å². The number of hydrogen-bond donors (Lipinski definition) is 1. The minimum absolute atomic E-state index is 0.220. The van der Waals surface area contributed by atoms with Gasteiger partial charge in [-0.3, -0.25) is 0 Å². The largest absolute Gasteiger partial charge is 0.396 e. The van der Waals surface area contributed by atoms with Crippen LogP contribution in [0, 0.1) is 0 Å². The van der Waals surface area contributed by atoms with Crippen molar-refractivity contribution in [1.82, 2.24) is 0 Å². The first kappa shape index (κ1) is 13.6. The maximum atomic E-state index is 8.49. The molecular weight excluding hydrogens is 180 g/mol. The van der Waals surface area contributed by atoms with E-state index in [-0.39, 0.29) is 6.61 Å². The van der Waals surface area contributed by atoms with Crippen LogP contribution in [-0.4, -0.2) is 31.7 Å². The molecule has 0 atom stereocenters. The molecule has 0 aliphatic heterocycles. The van der Waals surface area contributed by atoms with Gasteiger partial charge in [0.25, 0.3) is 0 Å². The fourth-order valence-electron chi connectivity index (χ4n) is 0.885. The van der Waals surface area contributed by atoms with Crippen LogP contribution in [0.1, 0.15) is 32.6 Å². The van der Waals surface area contributed by atoms with E-state index in [4.69, 9.17) is 14.6 Å². The summed E-state index contributed by atoms with van der Waals surface area (Å²) in [6, 6.07) is 0. The van der Waals surface area contributed by atoms with Gasteiger partial charge in [-0.1, -0.05) is 25.5 Å². The molecule has 0 aromatic carbocycles. The van der Waals surface area contributed by atoms with Gasteiger partial charge in [0.05, 0.1) is 6.61 Å². The van der Waals surface area contributed by atoms with Gasteiger partial charge in [0, 0.05) is 13.2 Å². The quantitative estimate of drug-likeness (QED) is 0.335. The van der Waals surface area contributed by atoms with Gasteiger partial charge in [0.15, 0.2) is 0 Å². The maximum Gasteiger partial charge on any atom is 0.146 e. The summed E-state index contributed by atoms with van der Waals surface area (Å²) in [5.41, 5.74) is 0. The van der Waals surface area contributed by atoms with Crippen LogP contribution in [0.3, 0.4) is 0 Å². The van der Waals surface area contributed by atoms with Crippen molar-refractivity contribution in [2.45, 2.75) is 32.6 Å². The Morgan fingerprint density at radius 1 is 1.07 bits per heavy atom. The zero-order valence-electron chi connectivity index (χ0n) is 9.08. The summed E-state index contributed by atoms with van der Waals surface area (Å²) in [4.78, 5) is 0. The predicted octanol–water partition coefficient (Wildman–Crippen LogP) is 2.11. The number of aliphatic hydroxyl groups is 1. The molecule has 0 saturated heterocycles. The normalized spacial score (nSPS) is 11.3. The van der Waals surface area contributed by atoms with Crippen LogP contribution in [0.25, 0.3) is 0 Å². The first-order valence-electron chi connectivity index (χ1n) is 5.33. The van der Waals surface area contributed by atoms with E-state index in [2.05, 4.69) is 6.92 Å². The molecule has 84 valence electrons. The fraction of sp³-hybridized carbons (Fsp3) is 0.818. The van der Waals surface area contributed by atoms with Gasteiger partial charge in [-0.2, -0.15) is 0 Å². The van der Waals surface area contributed by atoms with Crippen LogP contribution in [0.15, 0.2) is 12.2 Å². The summed E-state index contributed by atoms with van der Waals surface area (Å²) < 4.78 is 10.4. The molecule has 3 nitrogen and oxygen atoms in total. The van der Waals surface area contributed by atoms with Gasteiger partial charge in [-0.15, -0.1) is 0 Å². The highest BCUT2D eigenvalue weighted by Crippen LogP contribution is 1.91. The Kier molecular flexibility index (Phi) is 12.3. The molecule has 0 aromatic heterocycles. The molecule has 0 fully saturated rings. The molecule has 0 saturated carbocycles. The second-order valence-electron chi connectivity index (χ2n) is 3.06. The highest BCUT2D eigenvalue weighted by atomic mass is 16.7. The van der Waals surface area contributed by atoms with Crippen LogP contribution in [0.5, 0.6) is 0 Å². The van der Waals surface area contributed by atoms with Crippen molar-refractivity contribution in [2.24, 2.45) is 0 Å². The van der Waals surface area contributed by atoms with Gasteiger partial charge in [-0.25, -0.2) is 0 Å². The Balaban J connectivity index is 2.91. The molecule has 0 radical (unpaired) electrons. The highest BCUT2D eigenvalue weighted by molar-refractivity contribution is 4.80. The van der Waals surface area contributed by atoms with Crippen LogP contribution >= 0.6 is 0 Å². The number of rotatable bonds is 10. The summed E-state index contributed by atoms with van der Waals surface area (Å²) in [5, 5.41) is 8.49. The Hall–Kier alpha value is -0.380. The van der Waals surface area contributed by atoms with Gasteiger partial charge in [0.1, 0.15) is 6.79 Å². The van der Waals surface area contributed by atoms with Crippen LogP contribution in [0.4, 0.5) is 0 Å². The zero-order chi connectivity index (χ0) is 10.5. The zero-order valence-corrected chi connectivity index (χ0v) is 9.08. The lowest BCUT2D eigenvalue weighted by molar-refractivity contribution is -0.0528. The van der Waals surface area contributed by atoms with E-state index in [0.29, 0.717) is 13.4 Å². The molecule has 1 N–H and O–H groups in total. The summed E-state index contributed by atoms with van der Waals surface area (Å²) in [5.74, 6) is 0. The average Bonchev–Trinajstić information content (AvgIpc) is 2.21. The molecular formula is C11H22O3. The summed E-state index contributed by atoms with van der Waals surface area (Å²) >= 11 is 0. The van der Waals surface area contributed by atoms with Crippen molar-refractivity contribution in [3.8, 4) is 0 Å². The van der Waals surface area contributed by atoms with E-state index in [9.17, 15) is 0 Å². The lowest BCUT2D eigenvalue weighted by atomic mass is 10.3. The first-order valence-corrected chi connectivity index (χ1v) is 5.33. The first-order chi connectivity index (χ1) is 6.91. The van der Waals surface area contributed by atoms with E-state index in [1.54, 1.807) is 0 Å². The average molecular weight is 202 g/mol. The third-order valence-corrected chi connectivity index (χ3v) is 1.70. The molecule has 0 bridgehead atoms. The molecule has 0 rings (SSSR count). The number of hydrogen-bond acceptors (Lipinski definition) is 3. The summed E-state index contributed by atoms with van der Waals surface area (Å²) in [6.07, 6.45) is 7.84. The molecule has 0 amide bonds. The smallest absolute Gasteiger partial charge is 0.146 e. The molecule has 14 heavy (non-hydrogen) atoms. The second kappa shape index (κ2) is 12.6. The van der Waals surface area contributed by atoms with Crippen LogP contribution in [-0.2, 0) is 9.47 Å². The summed E-state index contributed by atoms with van der Waals surface area (Å²) in [6.45, 7) is 4.23. The highest BCUT2D eigenvalue weighted by Gasteiger charge is 1.87. The van der Waals surface area contributed by atoms with Gasteiger partial charge in [0.2, 0.25) is 0 Å². The second-order valence-corrected chi connectivity index (χ2v) is 3.06. The minimum atomic E-state index is 0.220. The predicted molar refractivity (Wildman–Crippen MR) is 57.1 cm³/mol. The maximum absolute atomic E-state index is 8.49. The van der Waals surface area contributed by atoms with Gasteiger partial charge < -0.3 is 14.6 Å².